The molecule has 1 fully saturated rings. The molecular formula is C18H23N5O3. The molecule has 0 saturated carbocycles. The van der Waals surface area contributed by atoms with Gasteiger partial charge in [0, 0.05) is 45.6 Å². The molecular weight excluding hydrogens is 334 g/mol. The summed E-state index contributed by atoms with van der Waals surface area (Å²) in [6.45, 7) is 2.60. The second-order valence-electron chi connectivity index (χ2n) is 6.37. The quantitative estimate of drug-likeness (QED) is 0.834. The standard InChI is InChI=1S/C18H23N5O3/c24-16-8-7-15(20-21-16)17(25)22-9-4-10-23(12-11-22)18(26)19-13-14-5-2-1-3-6-14/h1-3,5-6H,4,7-13H2,(H,19,26)(H,21,24). The maximum absolute atomic E-state index is 12.5. The van der Waals surface area contributed by atoms with Gasteiger partial charge in [0.05, 0.1) is 0 Å². The normalized spacial score (nSPS) is 17.8. The molecule has 2 aliphatic rings. The van der Waals surface area contributed by atoms with Gasteiger partial charge in [0.2, 0.25) is 5.91 Å². The molecule has 0 aliphatic carbocycles. The first-order valence-corrected chi connectivity index (χ1v) is 8.85. The number of rotatable bonds is 3. The largest absolute Gasteiger partial charge is 0.336 e. The maximum Gasteiger partial charge on any atom is 0.317 e. The third-order valence-electron chi connectivity index (χ3n) is 4.51. The minimum atomic E-state index is -0.168. The van der Waals surface area contributed by atoms with Gasteiger partial charge in [-0.25, -0.2) is 10.2 Å². The van der Waals surface area contributed by atoms with E-state index in [1.54, 1.807) is 9.80 Å². The number of hydrazone groups is 1. The van der Waals surface area contributed by atoms with Crippen molar-refractivity contribution in [2.75, 3.05) is 26.2 Å². The Morgan fingerprint density at radius 2 is 1.77 bits per heavy atom. The highest BCUT2D eigenvalue weighted by Gasteiger charge is 2.26. The Bertz CT molecular complexity index is 704. The average Bonchev–Trinajstić information content (AvgIpc) is 2.93. The highest BCUT2D eigenvalue weighted by molar-refractivity contribution is 6.39. The Labute approximate surface area is 152 Å². The fourth-order valence-corrected chi connectivity index (χ4v) is 3.02. The summed E-state index contributed by atoms with van der Waals surface area (Å²) in [6.07, 6.45) is 1.36. The predicted octanol–water partition coefficient (Wildman–Crippen LogP) is 0.696. The molecule has 0 atom stereocenters. The molecule has 138 valence electrons. The summed E-state index contributed by atoms with van der Waals surface area (Å²) < 4.78 is 0. The van der Waals surface area contributed by atoms with E-state index in [9.17, 15) is 14.4 Å². The Morgan fingerprint density at radius 1 is 1.04 bits per heavy atom. The van der Waals surface area contributed by atoms with Crippen molar-refractivity contribution in [3.63, 3.8) is 0 Å². The highest BCUT2D eigenvalue weighted by atomic mass is 16.2. The van der Waals surface area contributed by atoms with Gasteiger partial charge in [-0.1, -0.05) is 30.3 Å². The van der Waals surface area contributed by atoms with Gasteiger partial charge >= 0.3 is 6.03 Å². The van der Waals surface area contributed by atoms with E-state index in [4.69, 9.17) is 0 Å². The molecule has 0 unspecified atom stereocenters. The van der Waals surface area contributed by atoms with E-state index in [2.05, 4.69) is 15.8 Å². The molecule has 1 aromatic rings. The molecule has 8 heteroatoms. The molecule has 26 heavy (non-hydrogen) atoms. The Hall–Kier alpha value is -2.90. The second-order valence-corrected chi connectivity index (χ2v) is 6.37. The Morgan fingerprint density at radius 3 is 2.50 bits per heavy atom. The van der Waals surface area contributed by atoms with E-state index in [0.29, 0.717) is 51.3 Å². The van der Waals surface area contributed by atoms with E-state index in [1.807, 2.05) is 30.3 Å². The Kier molecular flexibility index (Phi) is 5.83. The zero-order chi connectivity index (χ0) is 18.4. The number of carbonyl (C=O) groups is 3. The first-order valence-electron chi connectivity index (χ1n) is 8.85. The van der Waals surface area contributed by atoms with E-state index in [1.165, 1.54) is 0 Å². The number of amides is 4. The summed E-state index contributed by atoms with van der Waals surface area (Å²) >= 11 is 0. The van der Waals surface area contributed by atoms with Gasteiger partial charge in [-0.2, -0.15) is 5.10 Å². The van der Waals surface area contributed by atoms with Crippen LogP contribution in [0.4, 0.5) is 4.79 Å². The fourth-order valence-electron chi connectivity index (χ4n) is 3.02. The molecule has 2 N–H and O–H groups in total. The number of nitrogens with one attached hydrogen (secondary N) is 2. The van der Waals surface area contributed by atoms with Gasteiger partial charge in [0.15, 0.2) is 0 Å². The van der Waals surface area contributed by atoms with Crippen molar-refractivity contribution in [3.8, 4) is 0 Å². The zero-order valence-corrected chi connectivity index (χ0v) is 14.6. The molecule has 3 rings (SSSR count). The predicted molar refractivity (Wildman–Crippen MR) is 96.3 cm³/mol. The van der Waals surface area contributed by atoms with Gasteiger partial charge < -0.3 is 15.1 Å². The van der Waals surface area contributed by atoms with Crippen LogP contribution in [0, 0.1) is 0 Å². The molecule has 0 radical (unpaired) electrons. The molecule has 0 aromatic heterocycles. The van der Waals surface area contributed by atoms with Crippen LogP contribution in [0.3, 0.4) is 0 Å². The number of benzene rings is 1. The molecule has 1 aromatic carbocycles. The minimum absolute atomic E-state index is 0.120. The summed E-state index contributed by atoms with van der Waals surface area (Å²) in [5.41, 5.74) is 3.78. The summed E-state index contributed by atoms with van der Waals surface area (Å²) in [6, 6.07) is 9.62. The highest BCUT2D eigenvalue weighted by Crippen LogP contribution is 2.09. The lowest BCUT2D eigenvalue weighted by molar-refractivity contribution is -0.124. The van der Waals surface area contributed by atoms with Crippen LogP contribution in [0.25, 0.3) is 0 Å². The number of urea groups is 1. The topological polar surface area (TPSA) is 94.1 Å². The lowest BCUT2D eigenvalue weighted by atomic mass is 10.1. The van der Waals surface area contributed by atoms with Crippen LogP contribution < -0.4 is 10.7 Å². The van der Waals surface area contributed by atoms with Gasteiger partial charge in [0.1, 0.15) is 5.71 Å². The second kappa shape index (κ2) is 8.46. The number of carbonyl (C=O) groups excluding carboxylic acids is 3. The maximum atomic E-state index is 12.5. The molecule has 0 spiro atoms. The SMILES string of the molecule is O=C1CCC(C(=O)N2CCCN(C(=O)NCc3ccccc3)CC2)=NN1. The smallest absolute Gasteiger partial charge is 0.317 e. The van der Waals surface area contributed by atoms with Crippen molar-refractivity contribution in [1.82, 2.24) is 20.5 Å². The third kappa shape index (κ3) is 4.59. The molecule has 0 bridgehead atoms. The van der Waals surface area contributed by atoms with Crippen LogP contribution in [-0.4, -0.2) is 59.5 Å². The van der Waals surface area contributed by atoms with Crippen LogP contribution in [0.15, 0.2) is 35.4 Å². The van der Waals surface area contributed by atoms with Crippen molar-refractivity contribution in [1.29, 1.82) is 0 Å². The van der Waals surface area contributed by atoms with Crippen molar-refractivity contribution in [3.05, 3.63) is 35.9 Å². The first kappa shape index (κ1) is 17.9. The zero-order valence-electron chi connectivity index (χ0n) is 14.6. The van der Waals surface area contributed by atoms with Gasteiger partial charge in [-0.3, -0.25) is 9.59 Å². The molecule has 8 nitrogen and oxygen atoms in total. The van der Waals surface area contributed by atoms with E-state index in [0.717, 1.165) is 5.56 Å². The van der Waals surface area contributed by atoms with Crippen molar-refractivity contribution < 1.29 is 14.4 Å². The lowest BCUT2D eigenvalue weighted by Crippen LogP contribution is -2.44. The van der Waals surface area contributed by atoms with E-state index >= 15 is 0 Å². The van der Waals surface area contributed by atoms with Crippen LogP contribution in [-0.2, 0) is 16.1 Å². The van der Waals surface area contributed by atoms with E-state index < -0.39 is 0 Å². The van der Waals surface area contributed by atoms with Crippen molar-refractivity contribution >= 4 is 23.6 Å². The van der Waals surface area contributed by atoms with Crippen molar-refractivity contribution in [2.45, 2.75) is 25.8 Å². The molecule has 2 heterocycles. The fraction of sp³-hybridized carbons (Fsp3) is 0.444. The van der Waals surface area contributed by atoms with Crippen molar-refractivity contribution in [2.24, 2.45) is 5.10 Å². The van der Waals surface area contributed by atoms with Gasteiger partial charge in [-0.15, -0.1) is 0 Å². The molecule has 2 aliphatic heterocycles. The monoisotopic (exact) mass is 357 g/mol. The minimum Gasteiger partial charge on any atom is -0.336 e. The third-order valence-corrected chi connectivity index (χ3v) is 4.51. The molecule has 4 amide bonds. The van der Waals surface area contributed by atoms with Gasteiger partial charge in [0.25, 0.3) is 5.91 Å². The number of nitrogens with zero attached hydrogens (tertiary/aromatic N) is 3. The summed E-state index contributed by atoms with van der Waals surface area (Å²) in [7, 11) is 0. The van der Waals surface area contributed by atoms with E-state index in [-0.39, 0.29) is 24.3 Å². The number of hydrogen-bond acceptors (Lipinski definition) is 4. The lowest BCUT2D eigenvalue weighted by Gasteiger charge is -2.23. The summed E-state index contributed by atoms with van der Waals surface area (Å²) in [5, 5.41) is 6.79. The average molecular weight is 357 g/mol. The summed E-state index contributed by atoms with van der Waals surface area (Å²) in [5.74, 6) is -0.324. The van der Waals surface area contributed by atoms with Crippen LogP contribution in [0.5, 0.6) is 0 Å². The number of hydrogen-bond donors (Lipinski definition) is 2. The van der Waals surface area contributed by atoms with Gasteiger partial charge in [-0.05, 0) is 12.0 Å². The molecule has 1 saturated heterocycles. The Balaban J connectivity index is 1.50. The van der Waals surface area contributed by atoms with Crippen LogP contribution in [0.2, 0.25) is 0 Å². The first-order chi connectivity index (χ1) is 12.6. The summed E-state index contributed by atoms with van der Waals surface area (Å²) in [4.78, 5) is 39.5. The van der Waals surface area contributed by atoms with Crippen LogP contribution >= 0.6 is 0 Å². The van der Waals surface area contributed by atoms with Crippen LogP contribution in [0.1, 0.15) is 24.8 Å².